The molecule has 0 bridgehead atoms. The van der Waals surface area contributed by atoms with Crippen LogP contribution in [0.5, 0.6) is 0 Å². The monoisotopic (exact) mass is 380 g/mol. The Morgan fingerprint density at radius 1 is 0.821 bits per heavy atom. The van der Waals surface area contributed by atoms with Gasteiger partial charge in [0.15, 0.2) is 0 Å². The fourth-order valence-corrected chi connectivity index (χ4v) is 4.54. The fourth-order valence-electron chi connectivity index (χ4n) is 4.54. The van der Waals surface area contributed by atoms with E-state index in [1.807, 2.05) is 0 Å². The van der Waals surface area contributed by atoms with Crippen molar-refractivity contribution in [2.75, 3.05) is 13.2 Å². The number of ether oxygens (including phenoxy) is 2. The highest BCUT2D eigenvalue weighted by molar-refractivity contribution is 5.87. The Balaban J connectivity index is 1.84. The van der Waals surface area contributed by atoms with Crippen LogP contribution in [0, 0.1) is 0 Å². The zero-order valence-corrected chi connectivity index (χ0v) is 17.0. The minimum absolute atomic E-state index is 0.0911. The van der Waals surface area contributed by atoms with Gasteiger partial charge in [-0.2, -0.15) is 0 Å². The molecule has 0 atom stereocenters. The molecule has 4 rings (SSSR count). The van der Waals surface area contributed by atoms with Crippen LogP contribution in [-0.4, -0.2) is 24.3 Å². The molecule has 1 saturated heterocycles. The first-order valence-corrected chi connectivity index (χ1v) is 9.93. The van der Waals surface area contributed by atoms with Gasteiger partial charge in [-0.05, 0) is 53.0 Å². The lowest BCUT2D eigenvalue weighted by Crippen LogP contribution is -2.35. The number of benzene rings is 2. The molecule has 1 aliphatic carbocycles. The Hall–Kier alpha value is -2.17. The quantitative estimate of drug-likeness (QED) is 0.816. The number of hydrogen-bond acceptors (Lipinski definition) is 3. The molecule has 2 aromatic carbocycles. The second kappa shape index (κ2) is 6.43. The van der Waals surface area contributed by atoms with Crippen LogP contribution >= 0.6 is 0 Å². The van der Waals surface area contributed by atoms with Gasteiger partial charge in [-0.15, -0.1) is 0 Å². The molecule has 28 heavy (non-hydrogen) atoms. The molecular weight excluding hydrogens is 352 g/mol. The zero-order chi connectivity index (χ0) is 20.2. The summed E-state index contributed by atoms with van der Waals surface area (Å²) in [5, 5.41) is 9.20. The van der Waals surface area contributed by atoms with Gasteiger partial charge in [0.1, 0.15) is 0 Å². The molecule has 148 valence electrons. The van der Waals surface area contributed by atoms with Gasteiger partial charge in [-0.3, -0.25) is 0 Å². The summed E-state index contributed by atoms with van der Waals surface area (Å²) in [5.74, 6) is -1.92. The maximum atomic E-state index is 11.2. The molecule has 0 unspecified atom stereocenters. The number of hydrogen-bond donors (Lipinski definition) is 1. The molecule has 1 heterocycles. The minimum Gasteiger partial charge on any atom is -0.478 e. The standard InChI is InChI=1S/C24H28O4/c1-22(2)11-12-23(3,4)20-15-18(9-10-19(20)22)24(27-13-14-28-24)17-7-5-16(6-8-17)21(25)26/h5-10,15H,11-14H2,1-4H3,(H,25,26). The molecule has 2 aliphatic rings. The van der Waals surface area contributed by atoms with Gasteiger partial charge in [-0.25, -0.2) is 4.79 Å². The van der Waals surface area contributed by atoms with Crippen LogP contribution in [0.15, 0.2) is 42.5 Å². The van der Waals surface area contributed by atoms with Gasteiger partial charge < -0.3 is 14.6 Å². The molecule has 0 saturated carbocycles. The number of fused-ring (bicyclic) bond motifs is 1. The smallest absolute Gasteiger partial charge is 0.335 e. The van der Waals surface area contributed by atoms with E-state index in [1.165, 1.54) is 17.5 Å². The first kappa shape index (κ1) is 19.2. The Labute approximate surface area is 166 Å². The van der Waals surface area contributed by atoms with Crippen molar-refractivity contribution in [3.05, 3.63) is 70.3 Å². The van der Waals surface area contributed by atoms with Crippen LogP contribution in [0.3, 0.4) is 0 Å². The summed E-state index contributed by atoms with van der Waals surface area (Å²) < 4.78 is 12.3. The Morgan fingerprint density at radius 3 is 1.93 bits per heavy atom. The summed E-state index contributed by atoms with van der Waals surface area (Å²) >= 11 is 0. The van der Waals surface area contributed by atoms with Crippen LogP contribution in [0.2, 0.25) is 0 Å². The second-order valence-corrected chi connectivity index (χ2v) is 9.22. The van der Waals surface area contributed by atoms with E-state index in [2.05, 4.69) is 45.9 Å². The molecular formula is C24H28O4. The van der Waals surface area contributed by atoms with E-state index < -0.39 is 11.8 Å². The molecule has 2 aromatic rings. The van der Waals surface area contributed by atoms with Crippen molar-refractivity contribution in [2.24, 2.45) is 0 Å². The van der Waals surface area contributed by atoms with E-state index in [9.17, 15) is 9.90 Å². The van der Waals surface area contributed by atoms with Crippen LogP contribution in [-0.2, 0) is 26.1 Å². The number of rotatable bonds is 3. The van der Waals surface area contributed by atoms with Crippen molar-refractivity contribution in [3.8, 4) is 0 Å². The zero-order valence-electron chi connectivity index (χ0n) is 17.0. The summed E-state index contributed by atoms with van der Waals surface area (Å²) in [6, 6.07) is 13.4. The number of carbonyl (C=O) groups is 1. The van der Waals surface area contributed by atoms with Gasteiger partial charge in [-0.1, -0.05) is 52.0 Å². The Bertz CT molecular complexity index is 903. The maximum Gasteiger partial charge on any atom is 0.335 e. The summed E-state index contributed by atoms with van der Waals surface area (Å²) in [6.07, 6.45) is 2.31. The van der Waals surface area contributed by atoms with E-state index >= 15 is 0 Å². The molecule has 1 aliphatic heterocycles. The second-order valence-electron chi connectivity index (χ2n) is 9.22. The van der Waals surface area contributed by atoms with Crippen LogP contribution < -0.4 is 0 Å². The molecule has 0 amide bonds. The van der Waals surface area contributed by atoms with Crippen molar-refractivity contribution in [1.29, 1.82) is 0 Å². The molecule has 1 fully saturated rings. The van der Waals surface area contributed by atoms with Gasteiger partial charge in [0.2, 0.25) is 5.79 Å². The summed E-state index contributed by atoms with van der Waals surface area (Å²) in [7, 11) is 0. The lowest BCUT2D eigenvalue weighted by molar-refractivity contribution is -0.130. The van der Waals surface area contributed by atoms with E-state index in [0.29, 0.717) is 13.2 Å². The number of carboxylic acid groups (broad SMARTS) is 1. The highest BCUT2D eigenvalue weighted by Gasteiger charge is 2.43. The fraction of sp³-hybridized carbons (Fsp3) is 0.458. The summed E-state index contributed by atoms with van der Waals surface area (Å²) in [4.78, 5) is 11.2. The SMILES string of the molecule is CC1(C)CCC(C)(C)c2cc(C3(c4ccc(C(=O)O)cc4)OCCO3)ccc21. The molecule has 4 heteroatoms. The third-order valence-corrected chi connectivity index (χ3v) is 6.44. The van der Waals surface area contributed by atoms with Gasteiger partial charge >= 0.3 is 5.97 Å². The Kier molecular flexibility index (Phi) is 4.40. The first-order valence-electron chi connectivity index (χ1n) is 9.93. The van der Waals surface area contributed by atoms with E-state index in [1.54, 1.807) is 24.3 Å². The van der Waals surface area contributed by atoms with Gasteiger partial charge in [0, 0.05) is 11.1 Å². The molecule has 0 aromatic heterocycles. The number of aromatic carboxylic acids is 1. The Morgan fingerprint density at radius 2 is 1.36 bits per heavy atom. The number of carboxylic acids is 1. The van der Waals surface area contributed by atoms with Crippen LogP contribution in [0.1, 0.15) is 73.1 Å². The predicted molar refractivity (Wildman–Crippen MR) is 108 cm³/mol. The van der Waals surface area contributed by atoms with E-state index in [4.69, 9.17) is 9.47 Å². The van der Waals surface area contributed by atoms with Gasteiger partial charge in [0.25, 0.3) is 0 Å². The highest BCUT2D eigenvalue weighted by atomic mass is 16.7. The topological polar surface area (TPSA) is 55.8 Å². The predicted octanol–water partition coefficient (Wildman–Crippen LogP) is 4.98. The van der Waals surface area contributed by atoms with Crippen molar-refractivity contribution in [2.45, 2.75) is 57.2 Å². The average Bonchev–Trinajstić information content (AvgIpc) is 3.16. The van der Waals surface area contributed by atoms with Gasteiger partial charge in [0.05, 0.1) is 18.8 Å². The summed E-state index contributed by atoms with van der Waals surface area (Å²) in [5.41, 5.74) is 5.03. The van der Waals surface area contributed by atoms with Crippen molar-refractivity contribution in [3.63, 3.8) is 0 Å². The third-order valence-electron chi connectivity index (χ3n) is 6.44. The lowest BCUT2D eigenvalue weighted by atomic mass is 9.62. The third kappa shape index (κ3) is 2.96. The average molecular weight is 380 g/mol. The lowest BCUT2D eigenvalue weighted by Gasteiger charge is -2.42. The maximum absolute atomic E-state index is 11.2. The highest BCUT2D eigenvalue weighted by Crippen LogP contribution is 2.48. The first-order chi connectivity index (χ1) is 13.2. The molecule has 0 radical (unpaired) electrons. The summed E-state index contributed by atoms with van der Waals surface area (Å²) in [6.45, 7) is 10.2. The van der Waals surface area contributed by atoms with Crippen LogP contribution in [0.4, 0.5) is 0 Å². The molecule has 4 nitrogen and oxygen atoms in total. The van der Waals surface area contributed by atoms with E-state index in [0.717, 1.165) is 17.5 Å². The normalized spacial score (nSPS) is 21.9. The van der Waals surface area contributed by atoms with Crippen molar-refractivity contribution in [1.82, 2.24) is 0 Å². The molecule has 1 N–H and O–H groups in total. The van der Waals surface area contributed by atoms with Crippen molar-refractivity contribution >= 4 is 5.97 Å². The van der Waals surface area contributed by atoms with Crippen LogP contribution in [0.25, 0.3) is 0 Å². The van der Waals surface area contributed by atoms with Crippen molar-refractivity contribution < 1.29 is 19.4 Å². The molecule has 0 spiro atoms. The largest absolute Gasteiger partial charge is 0.478 e. The van der Waals surface area contributed by atoms with E-state index in [-0.39, 0.29) is 16.4 Å². The minimum atomic E-state index is -0.982.